The van der Waals surface area contributed by atoms with Gasteiger partial charge in [0.15, 0.2) is 0 Å². The summed E-state index contributed by atoms with van der Waals surface area (Å²) in [6.45, 7) is 13.4. The van der Waals surface area contributed by atoms with E-state index in [-0.39, 0.29) is 11.5 Å². The van der Waals surface area contributed by atoms with Gasteiger partial charge in [0.25, 0.3) is 0 Å². The summed E-state index contributed by atoms with van der Waals surface area (Å²) in [5.74, 6) is 0. The molecule has 2 rings (SSSR count). The number of carbonyl (C=O) groups is 1. The Morgan fingerprint density at radius 2 is 1.61 bits per heavy atom. The maximum Gasteiger partial charge on any atom is 0.410 e. The van der Waals surface area contributed by atoms with Crippen molar-refractivity contribution in [2.75, 3.05) is 18.8 Å². The van der Waals surface area contributed by atoms with E-state index in [1.807, 2.05) is 51.7 Å². The van der Waals surface area contributed by atoms with Gasteiger partial charge >= 0.3 is 6.09 Å². The fraction of sp³-hybridized carbons (Fsp3) is 0.632. The van der Waals surface area contributed by atoms with Crippen molar-refractivity contribution in [2.24, 2.45) is 0 Å². The molecule has 1 aliphatic rings. The lowest BCUT2D eigenvalue weighted by Gasteiger charge is -2.40. The maximum absolute atomic E-state index is 12.1. The van der Waals surface area contributed by atoms with E-state index in [0.29, 0.717) is 0 Å². The highest BCUT2D eigenvalue weighted by Gasteiger charge is 2.34. The molecule has 0 saturated carbocycles. The van der Waals surface area contributed by atoms with Crippen molar-refractivity contribution in [1.82, 2.24) is 4.90 Å². The van der Waals surface area contributed by atoms with Crippen LogP contribution in [0.4, 0.5) is 10.5 Å². The van der Waals surface area contributed by atoms with Crippen LogP contribution in [0.3, 0.4) is 0 Å². The highest BCUT2D eigenvalue weighted by atomic mass is 16.6. The quantitative estimate of drug-likeness (QED) is 0.770. The van der Waals surface area contributed by atoms with E-state index in [9.17, 15) is 4.79 Å². The van der Waals surface area contributed by atoms with Gasteiger partial charge in [-0.2, -0.15) is 0 Å². The number of piperidine rings is 1. The molecule has 0 aliphatic carbocycles. The summed E-state index contributed by atoms with van der Waals surface area (Å²) >= 11 is 0. The molecule has 1 fully saturated rings. The Bertz CT molecular complexity index is 495. The van der Waals surface area contributed by atoms with E-state index >= 15 is 0 Å². The molecule has 4 heteroatoms. The van der Waals surface area contributed by atoms with Gasteiger partial charge in [-0.25, -0.2) is 4.79 Å². The van der Waals surface area contributed by atoms with E-state index in [4.69, 9.17) is 10.5 Å². The van der Waals surface area contributed by atoms with Gasteiger partial charge in [-0.05, 0) is 56.7 Å². The minimum Gasteiger partial charge on any atom is -0.444 e. The fourth-order valence-electron chi connectivity index (χ4n) is 2.68. The molecule has 1 heterocycles. The van der Waals surface area contributed by atoms with Crippen LogP contribution in [0.25, 0.3) is 0 Å². The molecule has 1 amide bonds. The molecule has 0 bridgehead atoms. The van der Waals surface area contributed by atoms with E-state index < -0.39 is 5.60 Å². The number of nitrogens with zero attached hydrogens (tertiary/aromatic N) is 1. The molecule has 0 spiro atoms. The normalized spacial score (nSPS) is 17.0. The minimum absolute atomic E-state index is 0.103. The number of nitrogen functional groups attached to an aromatic ring is 1. The van der Waals surface area contributed by atoms with Crippen molar-refractivity contribution < 1.29 is 9.53 Å². The van der Waals surface area contributed by atoms with Gasteiger partial charge in [-0.15, -0.1) is 0 Å². The summed E-state index contributed by atoms with van der Waals surface area (Å²) in [5, 5.41) is 0. The number of likely N-dealkylation sites (tertiary alicyclic amines) is 1. The molecule has 1 saturated heterocycles. The second kappa shape index (κ2) is 7.71. The van der Waals surface area contributed by atoms with Crippen LogP contribution in [-0.4, -0.2) is 29.7 Å². The lowest BCUT2D eigenvalue weighted by atomic mass is 9.74. The number of ether oxygens (including phenoxy) is 1. The maximum atomic E-state index is 12.1. The van der Waals surface area contributed by atoms with Crippen LogP contribution in [0.2, 0.25) is 0 Å². The third-order valence-corrected chi connectivity index (χ3v) is 4.13. The molecule has 0 aromatic heterocycles. The highest BCUT2D eigenvalue weighted by Crippen LogP contribution is 2.35. The fourth-order valence-corrected chi connectivity index (χ4v) is 2.68. The van der Waals surface area contributed by atoms with E-state index in [2.05, 4.69) is 19.1 Å². The summed E-state index contributed by atoms with van der Waals surface area (Å²) in [7, 11) is 0. The van der Waals surface area contributed by atoms with Crippen LogP contribution >= 0.6 is 0 Å². The van der Waals surface area contributed by atoms with Gasteiger partial charge in [0, 0.05) is 18.8 Å². The average molecular weight is 320 g/mol. The van der Waals surface area contributed by atoms with Crippen LogP contribution in [0, 0.1) is 0 Å². The summed E-state index contributed by atoms with van der Waals surface area (Å²) in [6.07, 6.45) is 1.67. The number of anilines is 1. The van der Waals surface area contributed by atoms with E-state index in [1.165, 1.54) is 5.56 Å². The monoisotopic (exact) mass is 320 g/mol. The zero-order valence-electron chi connectivity index (χ0n) is 15.5. The summed E-state index contributed by atoms with van der Waals surface area (Å²) < 4.78 is 5.44. The first kappa shape index (κ1) is 19.3. The predicted octanol–water partition coefficient (Wildman–Crippen LogP) is 4.58. The zero-order valence-corrected chi connectivity index (χ0v) is 15.5. The molecule has 1 aliphatic heterocycles. The van der Waals surface area contributed by atoms with Gasteiger partial charge in [0.2, 0.25) is 0 Å². The molecule has 0 radical (unpaired) electrons. The van der Waals surface area contributed by atoms with Crippen molar-refractivity contribution in [3.8, 4) is 0 Å². The number of hydrogen-bond donors (Lipinski definition) is 1. The number of carbonyl (C=O) groups excluding carboxylic acids is 1. The van der Waals surface area contributed by atoms with Crippen LogP contribution in [0.1, 0.15) is 59.9 Å². The topological polar surface area (TPSA) is 55.6 Å². The lowest BCUT2D eigenvalue weighted by molar-refractivity contribution is 0.0172. The Morgan fingerprint density at radius 3 is 2.04 bits per heavy atom. The molecule has 4 nitrogen and oxygen atoms in total. The summed E-state index contributed by atoms with van der Waals surface area (Å²) in [4.78, 5) is 13.9. The number of nitrogens with two attached hydrogens (primary N) is 1. The molecule has 23 heavy (non-hydrogen) atoms. The van der Waals surface area contributed by atoms with Crippen molar-refractivity contribution in [3.05, 3.63) is 29.8 Å². The summed E-state index contributed by atoms with van der Waals surface area (Å²) in [6, 6.07) is 8.08. The second-order valence-electron chi connectivity index (χ2n) is 7.15. The number of amides is 1. The zero-order chi connectivity index (χ0) is 17.7. The van der Waals surface area contributed by atoms with Crippen LogP contribution in [0.5, 0.6) is 0 Å². The molecule has 2 N–H and O–H groups in total. The molecular formula is C19H32N2O2. The van der Waals surface area contributed by atoms with Gasteiger partial charge in [0.1, 0.15) is 5.60 Å². The van der Waals surface area contributed by atoms with E-state index in [0.717, 1.165) is 31.6 Å². The first-order valence-electron chi connectivity index (χ1n) is 8.54. The van der Waals surface area contributed by atoms with Crippen LogP contribution < -0.4 is 5.73 Å². The van der Waals surface area contributed by atoms with Crippen LogP contribution in [-0.2, 0) is 10.2 Å². The van der Waals surface area contributed by atoms with Crippen molar-refractivity contribution in [3.63, 3.8) is 0 Å². The third-order valence-electron chi connectivity index (χ3n) is 4.13. The number of rotatable bonds is 1. The first-order chi connectivity index (χ1) is 10.7. The Balaban J connectivity index is 0.00000127. The Hall–Kier alpha value is -1.71. The largest absolute Gasteiger partial charge is 0.444 e. The van der Waals surface area contributed by atoms with Gasteiger partial charge in [-0.3, -0.25) is 0 Å². The standard InChI is InChI=1S/C17H26N2O2.C2H6/c1-16(2,3)21-15(20)19-11-9-17(4,10-12-19)13-5-7-14(18)8-6-13;1-2/h5-8H,9-12,18H2,1-4H3;1-2H3. The highest BCUT2D eigenvalue weighted by molar-refractivity contribution is 5.68. The predicted molar refractivity (Wildman–Crippen MR) is 96.6 cm³/mol. The molecular weight excluding hydrogens is 288 g/mol. The molecule has 0 unspecified atom stereocenters. The van der Waals surface area contributed by atoms with Gasteiger partial charge < -0.3 is 15.4 Å². The van der Waals surface area contributed by atoms with Crippen molar-refractivity contribution in [1.29, 1.82) is 0 Å². The molecule has 130 valence electrons. The van der Waals surface area contributed by atoms with Crippen molar-refractivity contribution >= 4 is 11.8 Å². The summed E-state index contributed by atoms with van der Waals surface area (Å²) in [5.41, 5.74) is 7.50. The molecule has 1 aromatic carbocycles. The molecule has 1 aromatic rings. The smallest absolute Gasteiger partial charge is 0.410 e. The van der Waals surface area contributed by atoms with Gasteiger partial charge in [0.05, 0.1) is 0 Å². The van der Waals surface area contributed by atoms with E-state index in [1.54, 1.807) is 0 Å². The minimum atomic E-state index is -0.436. The van der Waals surface area contributed by atoms with Crippen LogP contribution in [0.15, 0.2) is 24.3 Å². The average Bonchev–Trinajstić information content (AvgIpc) is 2.49. The Kier molecular flexibility index (Phi) is 6.48. The van der Waals surface area contributed by atoms with Crippen molar-refractivity contribution in [2.45, 2.75) is 65.4 Å². The molecule has 0 atom stereocenters. The number of hydrogen-bond acceptors (Lipinski definition) is 3. The second-order valence-corrected chi connectivity index (χ2v) is 7.15. The third kappa shape index (κ3) is 5.45. The first-order valence-corrected chi connectivity index (χ1v) is 8.54. The lowest BCUT2D eigenvalue weighted by Crippen LogP contribution is -2.45. The van der Waals surface area contributed by atoms with Gasteiger partial charge in [-0.1, -0.05) is 32.9 Å². The Labute approximate surface area is 141 Å². The number of benzene rings is 1. The Morgan fingerprint density at radius 1 is 1.13 bits per heavy atom. The SMILES string of the molecule is CC.CC(C)(C)OC(=O)N1CCC(C)(c2ccc(N)cc2)CC1.